The molecule has 2 atom stereocenters. The van der Waals surface area contributed by atoms with Gasteiger partial charge in [0, 0.05) is 17.8 Å². The van der Waals surface area contributed by atoms with E-state index in [1.807, 2.05) is 24.4 Å². The lowest BCUT2D eigenvalue weighted by molar-refractivity contribution is 0.413. The van der Waals surface area contributed by atoms with E-state index in [2.05, 4.69) is 28.6 Å². The van der Waals surface area contributed by atoms with Gasteiger partial charge < -0.3 is 4.74 Å². The number of fused-ring (bicyclic) bond motifs is 1. The van der Waals surface area contributed by atoms with Crippen LogP contribution in [0.15, 0.2) is 42.6 Å². The highest BCUT2D eigenvalue weighted by Crippen LogP contribution is 2.40. The average Bonchev–Trinajstić information content (AvgIpc) is 2.93. The molecule has 4 heteroatoms. The van der Waals surface area contributed by atoms with Gasteiger partial charge in [0.1, 0.15) is 5.75 Å². The van der Waals surface area contributed by atoms with E-state index in [1.54, 1.807) is 7.11 Å². The molecule has 0 saturated heterocycles. The summed E-state index contributed by atoms with van der Waals surface area (Å²) >= 11 is 0. The fourth-order valence-electron chi connectivity index (χ4n) is 3.02. The molecule has 3 N–H and O–H groups in total. The van der Waals surface area contributed by atoms with E-state index in [9.17, 15) is 0 Å². The van der Waals surface area contributed by atoms with Gasteiger partial charge in [-0.25, -0.2) is 0 Å². The molecule has 0 amide bonds. The Bertz CT molecular complexity index is 583. The first-order chi connectivity index (χ1) is 9.83. The van der Waals surface area contributed by atoms with Crippen molar-refractivity contribution >= 4 is 0 Å². The number of nitrogens with two attached hydrogens (primary N) is 1. The largest absolute Gasteiger partial charge is 0.497 e. The first-order valence-electron chi connectivity index (χ1n) is 6.87. The van der Waals surface area contributed by atoms with Gasteiger partial charge in [0.25, 0.3) is 0 Å². The Kier molecular flexibility index (Phi) is 3.67. The number of nitrogens with zero attached hydrogens (tertiary/aromatic N) is 1. The fraction of sp³-hybridized carbons (Fsp3) is 0.312. The van der Waals surface area contributed by atoms with Gasteiger partial charge in [-0.2, -0.15) is 0 Å². The van der Waals surface area contributed by atoms with Crippen molar-refractivity contribution in [2.45, 2.75) is 24.8 Å². The van der Waals surface area contributed by atoms with Crippen LogP contribution in [-0.4, -0.2) is 12.1 Å². The molecule has 1 aliphatic carbocycles. The number of hydrogen-bond donors (Lipinski definition) is 2. The minimum absolute atomic E-state index is 0.0806. The van der Waals surface area contributed by atoms with Gasteiger partial charge in [0.05, 0.1) is 13.2 Å². The molecule has 0 radical (unpaired) electrons. The van der Waals surface area contributed by atoms with Crippen LogP contribution in [0, 0.1) is 0 Å². The zero-order valence-corrected chi connectivity index (χ0v) is 11.5. The summed E-state index contributed by atoms with van der Waals surface area (Å²) in [4.78, 5) is 4.55. The molecule has 0 saturated carbocycles. The van der Waals surface area contributed by atoms with Gasteiger partial charge in [0.2, 0.25) is 0 Å². The normalized spacial score (nSPS) is 18.6. The minimum atomic E-state index is 0.0806. The number of hydrogen-bond acceptors (Lipinski definition) is 4. The van der Waals surface area contributed by atoms with E-state index >= 15 is 0 Å². The van der Waals surface area contributed by atoms with E-state index < -0.39 is 0 Å². The maximum Gasteiger partial charge on any atom is 0.118 e. The third-order valence-electron chi connectivity index (χ3n) is 4.06. The molecule has 0 spiro atoms. The van der Waals surface area contributed by atoms with E-state index in [0.29, 0.717) is 5.92 Å². The predicted molar refractivity (Wildman–Crippen MR) is 78.4 cm³/mol. The van der Waals surface area contributed by atoms with Gasteiger partial charge >= 0.3 is 0 Å². The molecule has 2 aromatic rings. The van der Waals surface area contributed by atoms with Crippen molar-refractivity contribution in [3.8, 4) is 5.75 Å². The number of aryl methyl sites for hydroxylation is 1. The lowest BCUT2D eigenvalue weighted by Gasteiger charge is -2.23. The van der Waals surface area contributed by atoms with Crippen LogP contribution in [0.2, 0.25) is 0 Å². The second-order valence-corrected chi connectivity index (χ2v) is 5.11. The van der Waals surface area contributed by atoms with E-state index in [4.69, 9.17) is 10.6 Å². The first kappa shape index (κ1) is 13.1. The zero-order valence-electron chi connectivity index (χ0n) is 11.5. The third-order valence-corrected chi connectivity index (χ3v) is 4.06. The number of methoxy groups -OCH3 is 1. The Hall–Kier alpha value is -1.91. The van der Waals surface area contributed by atoms with Gasteiger partial charge in [-0.15, -0.1) is 0 Å². The first-order valence-corrected chi connectivity index (χ1v) is 6.87. The van der Waals surface area contributed by atoms with Crippen molar-refractivity contribution in [3.63, 3.8) is 0 Å². The molecule has 3 rings (SSSR count). The Labute approximate surface area is 119 Å². The molecule has 0 fully saturated rings. The summed E-state index contributed by atoms with van der Waals surface area (Å²) in [6.45, 7) is 0. The quantitative estimate of drug-likeness (QED) is 0.660. The lowest BCUT2D eigenvalue weighted by atomic mass is 9.91. The molecule has 20 heavy (non-hydrogen) atoms. The third kappa shape index (κ3) is 2.28. The predicted octanol–water partition coefficient (Wildman–Crippen LogP) is 2.32. The summed E-state index contributed by atoms with van der Waals surface area (Å²) in [5.41, 5.74) is 6.63. The van der Waals surface area contributed by atoms with Crippen LogP contribution in [0.3, 0.4) is 0 Å². The van der Waals surface area contributed by atoms with Crippen molar-refractivity contribution in [2.75, 3.05) is 7.11 Å². The zero-order chi connectivity index (χ0) is 13.9. The maximum absolute atomic E-state index is 5.80. The summed E-state index contributed by atoms with van der Waals surface area (Å²) in [7, 11) is 1.67. The molecule has 1 aromatic carbocycles. The molecule has 2 unspecified atom stereocenters. The van der Waals surface area contributed by atoms with Crippen LogP contribution in [0.25, 0.3) is 0 Å². The highest BCUT2D eigenvalue weighted by Gasteiger charge is 2.31. The van der Waals surface area contributed by atoms with Crippen LogP contribution in [0.5, 0.6) is 5.75 Å². The standard InChI is InChI=1S/C16H19N3O/c1-20-13-7-4-12(5-8-13)16(19-17)14-9-6-11-3-2-10-18-15(11)14/h2-5,7-8,10,14,16,19H,6,9,17H2,1H3. The fourth-order valence-corrected chi connectivity index (χ4v) is 3.02. The van der Waals surface area contributed by atoms with Crippen LogP contribution >= 0.6 is 0 Å². The Morgan fingerprint density at radius 1 is 1.30 bits per heavy atom. The second-order valence-electron chi connectivity index (χ2n) is 5.11. The molecular formula is C16H19N3O. The van der Waals surface area contributed by atoms with Gasteiger partial charge in [0.15, 0.2) is 0 Å². The van der Waals surface area contributed by atoms with Gasteiger partial charge in [-0.3, -0.25) is 16.3 Å². The Morgan fingerprint density at radius 3 is 2.80 bits per heavy atom. The molecule has 104 valence electrons. The van der Waals surface area contributed by atoms with Gasteiger partial charge in [-0.1, -0.05) is 18.2 Å². The highest BCUT2D eigenvalue weighted by atomic mass is 16.5. The summed E-state index contributed by atoms with van der Waals surface area (Å²) in [5, 5.41) is 0. The van der Waals surface area contributed by atoms with E-state index in [0.717, 1.165) is 24.2 Å². The molecule has 0 aliphatic heterocycles. The Morgan fingerprint density at radius 2 is 2.10 bits per heavy atom. The minimum Gasteiger partial charge on any atom is -0.497 e. The molecule has 1 aromatic heterocycles. The van der Waals surface area contributed by atoms with Gasteiger partial charge in [-0.05, 0) is 42.2 Å². The van der Waals surface area contributed by atoms with Crippen LogP contribution < -0.4 is 16.0 Å². The van der Waals surface area contributed by atoms with Crippen molar-refractivity contribution in [1.82, 2.24) is 10.4 Å². The second kappa shape index (κ2) is 5.61. The van der Waals surface area contributed by atoms with Crippen molar-refractivity contribution in [2.24, 2.45) is 5.84 Å². The molecule has 1 aliphatic rings. The van der Waals surface area contributed by atoms with E-state index in [-0.39, 0.29) is 6.04 Å². The summed E-state index contributed by atoms with van der Waals surface area (Å²) in [6, 6.07) is 12.3. The number of aromatic nitrogens is 1. The molecule has 4 nitrogen and oxygen atoms in total. The number of nitrogens with one attached hydrogen (secondary N) is 1. The maximum atomic E-state index is 5.80. The smallest absolute Gasteiger partial charge is 0.118 e. The van der Waals surface area contributed by atoms with Crippen LogP contribution in [0.4, 0.5) is 0 Å². The number of hydrazine groups is 1. The molecular weight excluding hydrogens is 250 g/mol. The van der Waals surface area contributed by atoms with Crippen molar-refractivity contribution in [1.29, 1.82) is 0 Å². The van der Waals surface area contributed by atoms with Crippen LogP contribution in [-0.2, 0) is 6.42 Å². The SMILES string of the molecule is COc1ccc(C(NN)C2CCc3cccnc32)cc1. The van der Waals surface area contributed by atoms with Crippen molar-refractivity contribution < 1.29 is 4.74 Å². The Balaban J connectivity index is 1.90. The topological polar surface area (TPSA) is 60.2 Å². The average molecular weight is 269 g/mol. The lowest BCUT2D eigenvalue weighted by Crippen LogP contribution is -2.32. The number of ether oxygens (including phenoxy) is 1. The summed E-state index contributed by atoms with van der Waals surface area (Å²) < 4.78 is 5.20. The number of pyridine rings is 1. The summed E-state index contributed by atoms with van der Waals surface area (Å²) in [6.07, 6.45) is 4.01. The number of rotatable bonds is 4. The van der Waals surface area contributed by atoms with Crippen molar-refractivity contribution in [3.05, 3.63) is 59.4 Å². The van der Waals surface area contributed by atoms with Crippen LogP contribution in [0.1, 0.15) is 35.2 Å². The molecule has 0 bridgehead atoms. The van der Waals surface area contributed by atoms with E-state index in [1.165, 1.54) is 11.3 Å². The molecule has 1 heterocycles. The number of benzene rings is 1. The summed E-state index contributed by atoms with van der Waals surface area (Å²) in [5.74, 6) is 6.98. The monoisotopic (exact) mass is 269 g/mol. The highest BCUT2D eigenvalue weighted by molar-refractivity contribution is 5.35.